The minimum atomic E-state index is -0.621. The number of hydrogen-bond acceptors (Lipinski definition) is 2. The van der Waals surface area contributed by atoms with Crippen LogP contribution in [0.1, 0.15) is 38.0 Å². The number of aryl methyl sites for hydroxylation is 1. The largest absolute Gasteiger partial charge is 0.389 e. The summed E-state index contributed by atoms with van der Waals surface area (Å²) in [6.45, 7) is 7.71. The third-order valence-corrected chi connectivity index (χ3v) is 3.81. The van der Waals surface area contributed by atoms with Gasteiger partial charge >= 0.3 is 0 Å². The molecular weight excluding hydrogens is 223 g/mol. The Morgan fingerprint density at radius 3 is 2.44 bits per heavy atom. The van der Waals surface area contributed by atoms with Gasteiger partial charge in [-0.1, -0.05) is 13.8 Å². The molecule has 90 valence electrons. The fraction of sp³-hybridized carbons (Fsp3) is 0.538. The van der Waals surface area contributed by atoms with Crippen LogP contribution in [0.4, 0.5) is 4.39 Å². The van der Waals surface area contributed by atoms with Gasteiger partial charge in [-0.15, -0.1) is 11.8 Å². The highest BCUT2D eigenvalue weighted by atomic mass is 32.2. The van der Waals surface area contributed by atoms with Crippen LogP contribution in [0.3, 0.4) is 0 Å². The van der Waals surface area contributed by atoms with Gasteiger partial charge in [-0.2, -0.15) is 0 Å². The summed E-state index contributed by atoms with van der Waals surface area (Å²) in [5.41, 5.74) is 1.32. The third-order valence-electron chi connectivity index (χ3n) is 2.31. The summed E-state index contributed by atoms with van der Waals surface area (Å²) in [7, 11) is 0. The molecule has 0 saturated heterocycles. The molecule has 0 aliphatic rings. The van der Waals surface area contributed by atoms with Crippen molar-refractivity contribution in [2.45, 2.75) is 38.7 Å². The standard InChI is InChI=1S/C13H19FOS/c1-8(2)7-16-13-5-9(3)12(14)6-11(13)10(4)15/h5-6,8,10,15H,7H2,1-4H3/t10-/m1/s1. The van der Waals surface area contributed by atoms with Gasteiger partial charge in [0.25, 0.3) is 0 Å². The van der Waals surface area contributed by atoms with Crippen molar-refractivity contribution in [3.63, 3.8) is 0 Å². The Morgan fingerprint density at radius 1 is 1.31 bits per heavy atom. The normalized spacial score (nSPS) is 13.2. The minimum absolute atomic E-state index is 0.246. The molecule has 0 aromatic heterocycles. The predicted molar refractivity (Wildman–Crippen MR) is 67.3 cm³/mol. The zero-order valence-corrected chi connectivity index (χ0v) is 11.1. The van der Waals surface area contributed by atoms with Crippen LogP contribution in [0.25, 0.3) is 0 Å². The van der Waals surface area contributed by atoms with E-state index in [2.05, 4.69) is 13.8 Å². The lowest BCUT2D eigenvalue weighted by Gasteiger charge is -2.14. The van der Waals surface area contributed by atoms with Crippen molar-refractivity contribution in [1.29, 1.82) is 0 Å². The van der Waals surface area contributed by atoms with Crippen molar-refractivity contribution in [3.05, 3.63) is 29.1 Å². The molecule has 3 heteroatoms. The molecule has 0 bridgehead atoms. The number of thioether (sulfide) groups is 1. The quantitative estimate of drug-likeness (QED) is 0.807. The zero-order chi connectivity index (χ0) is 12.3. The van der Waals surface area contributed by atoms with Crippen molar-refractivity contribution in [3.8, 4) is 0 Å². The molecule has 16 heavy (non-hydrogen) atoms. The lowest BCUT2D eigenvalue weighted by Crippen LogP contribution is -1.99. The van der Waals surface area contributed by atoms with Crippen LogP contribution in [0.5, 0.6) is 0 Å². The van der Waals surface area contributed by atoms with E-state index in [0.29, 0.717) is 17.0 Å². The molecule has 1 aromatic rings. The van der Waals surface area contributed by atoms with Crippen LogP contribution in [-0.2, 0) is 0 Å². The Labute approximate surface area is 101 Å². The molecule has 1 aromatic carbocycles. The second-order valence-electron chi connectivity index (χ2n) is 4.52. The molecule has 0 amide bonds. The van der Waals surface area contributed by atoms with Crippen molar-refractivity contribution < 1.29 is 9.50 Å². The monoisotopic (exact) mass is 242 g/mol. The van der Waals surface area contributed by atoms with E-state index in [-0.39, 0.29) is 5.82 Å². The molecule has 0 heterocycles. The summed E-state index contributed by atoms with van der Waals surface area (Å²) in [6, 6.07) is 3.27. The third kappa shape index (κ3) is 3.49. The molecule has 0 saturated carbocycles. The summed E-state index contributed by atoms with van der Waals surface area (Å²) in [5, 5.41) is 9.61. The summed E-state index contributed by atoms with van der Waals surface area (Å²) >= 11 is 1.68. The van der Waals surface area contributed by atoms with Crippen LogP contribution in [0, 0.1) is 18.7 Å². The Hall–Kier alpha value is -0.540. The van der Waals surface area contributed by atoms with Gasteiger partial charge in [-0.05, 0) is 43.0 Å². The molecule has 0 aliphatic carbocycles. The SMILES string of the molecule is Cc1cc(SCC(C)C)c([C@@H](C)O)cc1F. The molecule has 0 fully saturated rings. The van der Waals surface area contributed by atoms with E-state index in [9.17, 15) is 9.50 Å². The predicted octanol–water partition coefficient (Wildman–Crippen LogP) is 3.94. The number of aliphatic hydroxyl groups is 1. The first kappa shape index (κ1) is 13.5. The van der Waals surface area contributed by atoms with E-state index in [1.54, 1.807) is 25.6 Å². The van der Waals surface area contributed by atoms with Crippen LogP contribution in [0.2, 0.25) is 0 Å². The number of benzene rings is 1. The van der Waals surface area contributed by atoms with Crippen LogP contribution in [-0.4, -0.2) is 10.9 Å². The summed E-state index contributed by atoms with van der Waals surface area (Å²) in [6.07, 6.45) is -0.621. The lowest BCUT2D eigenvalue weighted by molar-refractivity contribution is 0.196. The van der Waals surface area contributed by atoms with Crippen LogP contribution < -0.4 is 0 Å². The van der Waals surface area contributed by atoms with Gasteiger partial charge < -0.3 is 5.11 Å². The first-order valence-electron chi connectivity index (χ1n) is 5.52. The van der Waals surface area contributed by atoms with Gasteiger partial charge in [-0.25, -0.2) is 4.39 Å². The second-order valence-corrected chi connectivity index (χ2v) is 5.58. The number of halogens is 1. The van der Waals surface area contributed by atoms with E-state index < -0.39 is 6.10 Å². The van der Waals surface area contributed by atoms with Gasteiger partial charge in [0.15, 0.2) is 0 Å². The molecule has 0 spiro atoms. The van der Waals surface area contributed by atoms with E-state index in [1.807, 2.05) is 6.07 Å². The van der Waals surface area contributed by atoms with E-state index >= 15 is 0 Å². The van der Waals surface area contributed by atoms with Crippen molar-refractivity contribution in [1.82, 2.24) is 0 Å². The van der Waals surface area contributed by atoms with Gasteiger partial charge in [0.2, 0.25) is 0 Å². The molecule has 0 aliphatic heterocycles. The van der Waals surface area contributed by atoms with Crippen molar-refractivity contribution in [2.24, 2.45) is 5.92 Å². The lowest BCUT2D eigenvalue weighted by atomic mass is 10.1. The maximum atomic E-state index is 13.4. The molecule has 1 nitrogen and oxygen atoms in total. The topological polar surface area (TPSA) is 20.2 Å². The highest BCUT2D eigenvalue weighted by Crippen LogP contribution is 2.31. The van der Waals surface area contributed by atoms with E-state index in [1.165, 1.54) is 6.07 Å². The van der Waals surface area contributed by atoms with Crippen LogP contribution >= 0.6 is 11.8 Å². The number of hydrogen-bond donors (Lipinski definition) is 1. The minimum Gasteiger partial charge on any atom is -0.389 e. The highest BCUT2D eigenvalue weighted by Gasteiger charge is 2.12. The first-order valence-corrected chi connectivity index (χ1v) is 6.51. The molecule has 0 unspecified atom stereocenters. The average molecular weight is 242 g/mol. The number of rotatable bonds is 4. The van der Waals surface area contributed by atoms with Gasteiger partial charge in [0.1, 0.15) is 5.82 Å². The van der Waals surface area contributed by atoms with Gasteiger partial charge in [0.05, 0.1) is 6.10 Å². The highest BCUT2D eigenvalue weighted by molar-refractivity contribution is 7.99. The average Bonchev–Trinajstić information content (AvgIpc) is 2.18. The Morgan fingerprint density at radius 2 is 1.94 bits per heavy atom. The summed E-state index contributed by atoms with van der Waals surface area (Å²) in [4.78, 5) is 0.989. The fourth-order valence-corrected chi connectivity index (χ4v) is 2.55. The summed E-state index contributed by atoms with van der Waals surface area (Å²) in [5.74, 6) is 1.31. The summed E-state index contributed by atoms with van der Waals surface area (Å²) < 4.78 is 13.4. The Bertz CT molecular complexity index is 361. The maximum Gasteiger partial charge on any atom is 0.126 e. The molecule has 0 radical (unpaired) electrons. The molecule has 1 atom stereocenters. The smallest absolute Gasteiger partial charge is 0.126 e. The van der Waals surface area contributed by atoms with Crippen LogP contribution in [0.15, 0.2) is 17.0 Å². The Balaban J connectivity index is 3.00. The van der Waals surface area contributed by atoms with Gasteiger partial charge in [0, 0.05) is 10.6 Å². The molecule has 1 N–H and O–H groups in total. The fourth-order valence-electron chi connectivity index (χ4n) is 1.38. The van der Waals surface area contributed by atoms with E-state index in [0.717, 1.165) is 10.6 Å². The molecule has 1 rings (SSSR count). The van der Waals surface area contributed by atoms with Crippen molar-refractivity contribution >= 4 is 11.8 Å². The van der Waals surface area contributed by atoms with Crippen molar-refractivity contribution in [2.75, 3.05) is 5.75 Å². The van der Waals surface area contributed by atoms with Gasteiger partial charge in [-0.3, -0.25) is 0 Å². The second kappa shape index (κ2) is 5.69. The maximum absolute atomic E-state index is 13.4. The zero-order valence-electron chi connectivity index (χ0n) is 10.2. The first-order chi connectivity index (χ1) is 7.41. The molecular formula is C13H19FOS. The number of aliphatic hydroxyl groups excluding tert-OH is 1. The van der Waals surface area contributed by atoms with E-state index in [4.69, 9.17) is 0 Å². The Kier molecular flexibility index (Phi) is 4.81.